The van der Waals surface area contributed by atoms with E-state index in [2.05, 4.69) is 16.3 Å². The molecule has 9 heteroatoms. The Hall–Kier alpha value is -3.31. The van der Waals surface area contributed by atoms with Crippen LogP contribution in [0.15, 0.2) is 41.6 Å². The standard InChI is InChI=1S/C24H18ClF2N5O/c25-19-7-21-16(3-15(19)8-28)9-30-31(21)13-23-10-24(11-23,12-23)22(33)32-20(1-2-29-32)14-4-17(26)6-18(27)5-14/h2-7,9,20H,1,10-13H2. The fraction of sp³-hybridized carbons (Fsp3) is 0.333. The number of amides is 1. The highest BCUT2D eigenvalue weighted by Crippen LogP contribution is 2.74. The van der Waals surface area contributed by atoms with Crippen molar-refractivity contribution in [3.63, 3.8) is 0 Å². The number of aromatic nitrogens is 2. The summed E-state index contributed by atoms with van der Waals surface area (Å²) in [6, 6.07) is 8.43. The second-order valence-corrected chi connectivity index (χ2v) is 9.92. The van der Waals surface area contributed by atoms with Crippen molar-refractivity contribution >= 4 is 34.6 Å². The van der Waals surface area contributed by atoms with Gasteiger partial charge in [-0.15, -0.1) is 0 Å². The van der Waals surface area contributed by atoms with E-state index >= 15 is 0 Å². The van der Waals surface area contributed by atoms with Gasteiger partial charge in [-0.1, -0.05) is 11.6 Å². The Morgan fingerprint density at radius 1 is 1.18 bits per heavy atom. The second-order valence-electron chi connectivity index (χ2n) is 9.52. The van der Waals surface area contributed by atoms with Gasteiger partial charge in [0.05, 0.1) is 33.8 Å². The van der Waals surface area contributed by atoms with Crippen LogP contribution in [-0.2, 0) is 11.3 Å². The van der Waals surface area contributed by atoms with E-state index in [1.165, 1.54) is 17.1 Å². The van der Waals surface area contributed by atoms with Crippen LogP contribution in [0.3, 0.4) is 0 Å². The first-order valence-electron chi connectivity index (χ1n) is 10.7. The van der Waals surface area contributed by atoms with Crippen LogP contribution in [-0.4, -0.2) is 26.9 Å². The number of nitriles is 1. The lowest BCUT2D eigenvalue weighted by Gasteiger charge is -2.69. The zero-order chi connectivity index (χ0) is 23.0. The van der Waals surface area contributed by atoms with Gasteiger partial charge in [0.25, 0.3) is 0 Å². The molecule has 0 saturated heterocycles. The van der Waals surface area contributed by atoms with Crippen molar-refractivity contribution in [2.45, 2.75) is 38.3 Å². The minimum absolute atomic E-state index is 0.0150. The van der Waals surface area contributed by atoms with Gasteiger partial charge in [-0.25, -0.2) is 13.8 Å². The molecule has 7 rings (SSSR count). The normalized spacial score (nSPS) is 27.3. The Kier molecular flexibility index (Phi) is 4.21. The quantitative estimate of drug-likeness (QED) is 0.546. The van der Waals surface area contributed by atoms with Gasteiger partial charge < -0.3 is 0 Å². The summed E-state index contributed by atoms with van der Waals surface area (Å²) in [5.41, 5.74) is 1.20. The first-order valence-corrected chi connectivity index (χ1v) is 11.1. The molecule has 1 amide bonds. The Labute approximate surface area is 193 Å². The lowest BCUT2D eigenvalue weighted by atomic mass is 9.34. The number of rotatable bonds is 4. The highest BCUT2D eigenvalue weighted by molar-refractivity contribution is 6.32. The third kappa shape index (κ3) is 2.99. The van der Waals surface area contributed by atoms with E-state index in [-0.39, 0.29) is 11.3 Å². The van der Waals surface area contributed by atoms with Crippen molar-refractivity contribution in [1.29, 1.82) is 5.26 Å². The van der Waals surface area contributed by atoms with Crippen molar-refractivity contribution in [2.75, 3.05) is 0 Å². The topological polar surface area (TPSA) is 74.3 Å². The second kappa shape index (κ2) is 6.84. The molecule has 2 aromatic carbocycles. The maximum absolute atomic E-state index is 13.7. The molecule has 4 aliphatic rings. The van der Waals surface area contributed by atoms with E-state index in [1.807, 2.05) is 4.68 Å². The summed E-state index contributed by atoms with van der Waals surface area (Å²) in [6.45, 7) is 0.662. The molecule has 0 radical (unpaired) electrons. The number of hydrazone groups is 1. The molecule has 1 aromatic heterocycles. The smallest absolute Gasteiger partial charge is 0.249 e. The fourth-order valence-electron chi connectivity index (χ4n) is 5.92. The van der Waals surface area contributed by atoms with Crippen LogP contribution in [0, 0.1) is 33.8 Å². The summed E-state index contributed by atoms with van der Waals surface area (Å²) >= 11 is 6.21. The lowest BCUT2D eigenvalue weighted by molar-refractivity contribution is -0.223. The first-order chi connectivity index (χ1) is 15.8. The molecule has 2 heterocycles. The molecule has 3 aromatic rings. The minimum Gasteiger partial charge on any atom is -0.272 e. The van der Waals surface area contributed by atoms with Crippen LogP contribution in [0.1, 0.15) is 42.9 Å². The molecule has 0 N–H and O–H groups in total. The highest BCUT2D eigenvalue weighted by atomic mass is 35.5. The number of fused-ring (bicyclic) bond motifs is 1. The molecule has 33 heavy (non-hydrogen) atoms. The summed E-state index contributed by atoms with van der Waals surface area (Å²) in [5.74, 6) is -1.41. The molecule has 2 bridgehead atoms. The summed E-state index contributed by atoms with van der Waals surface area (Å²) in [6.07, 6.45) is 5.95. The summed E-state index contributed by atoms with van der Waals surface area (Å²) < 4.78 is 29.3. The highest BCUT2D eigenvalue weighted by Gasteiger charge is 2.72. The zero-order valence-corrected chi connectivity index (χ0v) is 18.2. The number of benzene rings is 2. The molecule has 3 aliphatic carbocycles. The first kappa shape index (κ1) is 20.3. The van der Waals surface area contributed by atoms with Crippen molar-refractivity contribution in [3.05, 3.63) is 64.3 Å². The van der Waals surface area contributed by atoms with Gasteiger partial charge in [-0.3, -0.25) is 9.48 Å². The van der Waals surface area contributed by atoms with Gasteiger partial charge in [-0.05, 0) is 54.5 Å². The SMILES string of the molecule is N#Cc1cc2cnn(CC34CC(C(=O)N5N=CCC5c5cc(F)cc(F)c5)(C3)C4)c2cc1Cl. The van der Waals surface area contributed by atoms with E-state index in [0.717, 1.165) is 36.2 Å². The van der Waals surface area contributed by atoms with Gasteiger partial charge in [-0.2, -0.15) is 15.5 Å². The molecule has 0 spiro atoms. The van der Waals surface area contributed by atoms with E-state index in [9.17, 15) is 13.6 Å². The third-order valence-electron chi connectivity index (χ3n) is 7.24. The number of carbonyl (C=O) groups is 1. The number of nitrogens with zero attached hydrogens (tertiary/aromatic N) is 5. The predicted molar refractivity (Wildman–Crippen MR) is 117 cm³/mol. The lowest BCUT2D eigenvalue weighted by Crippen LogP contribution is -2.68. The summed E-state index contributed by atoms with van der Waals surface area (Å²) in [7, 11) is 0. The van der Waals surface area contributed by atoms with Gasteiger partial charge in [0.2, 0.25) is 5.91 Å². The fourth-order valence-corrected chi connectivity index (χ4v) is 6.12. The van der Waals surface area contributed by atoms with Crippen LogP contribution in [0.2, 0.25) is 5.02 Å². The van der Waals surface area contributed by atoms with E-state index in [0.29, 0.717) is 29.1 Å². The molecule has 3 saturated carbocycles. The van der Waals surface area contributed by atoms with Gasteiger partial charge >= 0.3 is 0 Å². The van der Waals surface area contributed by atoms with Crippen molar-refractivity contribution in [1.82, 2.24) is 14.8 Å². The summed E-state index contributed by atoms with van der Waals surface area (Å²) in [5, 5.41) is 20.5. The molecule has 6 nitrogen and oxygen atoms in total. The maximum Gasteiger partial charge on any atom is 0.249 e. The van der Waals surface area contributed by atoms with Crippen LogP contribution in [0.5, 0.6) is 0 Å². The third-order valence-corrected chi connectivity index (χ3v) is 7.55. The van der Waals surface area contributed by atoms with Crippen LogP contribution < -0.4 is 0 Å². The van der Waals surface area contributed by atoms with Gasteiger partial charge in [0, 0.05) is 30.6 Å². The Morgan fingerprint density at radius 3 is 2.61 bits per heavy atom. The average molecular weight is 466 g/mol. The molecular formula is C24H18ClF2N5O. The van der Waals surface area contributed by atoms with Crippen LogP contribution in [0.4, 0.5) is 8.78 Å². The number of hydrogen-bond acceptors (Lipinski definition) is 4. The molecule has 1 unspecified atom stereocenters. The van der Waals surface area contributed by atoms with Crippen molar-refractivity contribution in [3.8, 4) is 6.07 Å². The Balaban J connectivity index is 1.18. The summed E-state index contributed by atoms with van der Waals surface area (Å²) in [4.78, 5) is 13.4. The maximum atomic E-state index is 13.7. The van der Waals surface area contributed by atoms with Gasteiger partial charge in [0.15, 0.2) is 0 Å². The zero-order valence-electron chi connectivity index (χ0n) is 17.4. The van der Waals surface area contributed by atoms with E-state index < -0.39 is 23.1 Å². The predicted octanol–water partition coefficient (Wildman–Crippen LogP) is 4.97. The Morgan fingerprint density at radius 2 is 1.91 bits per heavy atom. The van der Waals surface area contributed by atoms with Gasteiger partial charge in [0.1, 0.15) is 17.7 Å². The monoisotopic (exact) mass is 465 g/mol. The number of hydrogen-bond donors (Lipinski definition) is 0. The average Bonchev–Trinajstić information content (AvgIpc) is 3.35. The largest absolute Gasteiger partial charge is 0.272 e. The molecule has 1 atom stereocenters. The van der Waals surface area contributed by atoms with Crippen molar-refractivity contribution in [2.24, 2.45) is 15.9 Å². The Bertz CT molecular complexity index is 1370. The van der Waals surface area contributed by atoms with Crippen LogP contribution >= 0.6 is 11.6 Å². The number of halogens is 3. The molecule has 1 aliphatic heterocycles. The van der Waals surface area contributed by atoms with Crippen molar-refractivity contribution < 1.29 is 13.6 Å². The van der Waals surface area contributed by atoms with E-state index in [1.54, 1.807) is 24.5 Å². The number of carbonyl (C=O) groups excluding carboxylic acids is 1. The minimum atomic E-state index is -0.665. The molecule has 3 fully saturated rings. The van der Waals surface area contributed by atoms with E-state index in [4.69, 9.17) is 16.9 Å². The molecule has 166 valence electrons. The molecular weight excluding hydrogens is 448 g/mol. The van der Waals surface area contributed by atoms with Crippen LogP contribution in [0.25, 0.3) is 10.9 Å².